The van der Waals surface area contributed by atoms with Gasteiger partial charge >= 0.3 is 0 Å². The van der Waals surface area contributed by atoms with Gasteiger partial charge in [-0.15, -0.1) is 25.6 Å². The van der Waals surface area contributed by atoms with Crippen LogP contribution in [0.25, 0.3) is 0 Å². The molecule has 1 aliphatic rings. The molecule has 0 aliphatic heterocycles. The fourth-order valence-electron chi connectivity index (χ4n) is 2.43. The van der Waals surface area contributed by atoms with Crippen molar-refractivity contribution in [2.24, 2.45) is 11.7 Å². The van der Waals surface area contributed by atoms with E-state index in [1.54, 1.807) is 17.1 Å². The van der Waals surface area contributed by atoms with E-state index in [9.17, 15) is 4.79 Å². The Bertz CT molecular complexity index is 271. The van der Waals surface area contributed by atoms with Crippen molar-refractivity contribution in [3.8, 4) is 0 Å². The molecule has 1 amide bonds. The third kappa shape index (κ3) is 5.23. The average molecular weight is 273 g/mol. The molecule has 0 spiro atoms. The van der Waals surface area contributed by atoms with Gasteiger partial charge in [-0.3, -0.25) is 4.79 Å². The molecule has 0 bridgehead atoms. The van der Waals surface area contributed by atoms with Gasteiger partial charge in [-0.05, 0) is 18.8 Å². The minimum atomic E-state index is 0. The van der Waals surface area contributed by atoms with E-state index in [1.807, 2.05) is 0 Å². The van der Waals surface area contributed by atoms with E-state index >= 15 is 0 Å². The summed E-state index contributed by atoms with van der Waals surface area (Å²) < 4.78 is 0. The van der Waals surface area contributed by atoms with Crippen molar-refractivity contribution in [3.05, 3.63) is 25.3 Å². The highest BCUT2D eigenvalue weighted by Gasteiger charge is 2.25. The van der Waals surface area contributed by atoms with Crippen molar-refractivity contribution >= 4 is 18.3 Å². The normalized spacial score (nSPS) is 22.7. The van der Waals surface area contributed by atoms with Crippen LogP contribution in [0.5, 0.6) is 0 Å². The Morgan fingerprint density at radius 3 is 2.28 bits per heavy atom. The molecule has 0 saturated heterocycles. The van der Waals surface area contributed by atoms with Crippen molar-refractivity contribution in [1.29, 1.82) is 0 Å². The summed E-state index contributed by atoms with van der Waals surface area (Å²) in [5, 5.41) is 0. The Morgan fingerprint density at radius 1 is 1.22 bits per heavy atom. The summed E-state index contributed by atoms with van der Waals surface area (Å²) in [5.74, 6) is 0.528. The Morgan fingerprint density at radius 2 is 1.78 bits per heavy atom. The highest BCUT2D eigenvalue weighted by atomic mass is 35.5. The highest BCUT2D eigenvalue weighted by molar-refractivity contribution is 5.85. The third-order valence-electron chi connectivity index (χ3n) is 3.46. The quantitative estimate of drug-likeness (QED) is 0.755. The van der Waals surface area contributed by atoms with E-state index in [0.29, 0.717) is 25.4 Å². The van der Waals surface area contributed by atoms with Gasteiger partial charge in [0.2, 0.25) is 5.91 Å². The van der Waals surface area contributed by atoms with E-state index in [2.05, 4.69) is 13.2 Å². The molecule has 3 nitrogen and oxygen atoms in total. The number of rotatable bonds is 6. The van der Waals surface area contributed by atoms with Crippen LogP contribution in [0.2, 0.25) is 0 Å². The van der Waals surface area contributed by atoms with Gasteiger partial charge in [-0.2, -0.15) is 0 Å². The summed E-state index contributed by atoms with van der Waals surface area (Å²) in [7, 11) is 0. The predicted octanol–water partition coefficient (Wildman–Crippen LogP) is 2.52. The largest absolute Gasteiger partial charge is 0.335 e. The summed E-state index contributed by atoms with van der Waals surface area (Å²) in [6.07, 6.45) is 8.63. The molecule has 0 radical (unpaired) electrons. The van der Waals surface area contributed by atoms with Crippen LogP contribution >= 0.6 is 12.4 Å². The molecule has 1 rings (SSSR count). The first-order chi connectivity index (χ1) is 8.19. The molecular formula is C14H25ClN2O. The minimum Gasteiger partial charge on any atom is -0.335 e. The van der Waals surface area contributed by atoms with Gasteiger partial charge in [0, 0.05) is 25.6 Å². The van der Waals surface area contributed by atoms with Crippen LogP contribution in [-0.2, 0) is 4.79 Å². The van der Waals surface area contributed by atoms with Crippen LogP contribution in [0.3, 0.4) is 0 Å². The van der Waals surface area contributed by atoms with E-state index < -0.39 is 0 Å². The van der Waals surface area contributed by atoms with Crippen molar-refractivity contribution in [2.45, 2.75) is 38.1 Å². The second kappa shape index (κ2) is 9.17. The zero-order valence-electron chi connectivity index (χ0n) is 11.0. The lowest BCUT2D eigenvalue weighted by Crippen LogP contribution is -2.39. The fraction of sp³-hybridized carbons (Fsp3) is 0.643. The molecule has 0 heterocycles. The molecule has 1 aliphatic carbocycles. The van der Waals surface area contributed by atoms with E-state index in [4.69, 9.17) is 5.73 Å². The SMILES string of the molecule is C=CCN(CC=C)C(=O)CC1CCCCC1N.Cl. The first kappa shape index (κ1) is 17.2. The maximum absolute atomic E-state index is 12.1. The van der Waals surface area contributed by atoms with Crippen molar-refractivity contribution in [1.82, 2.24) is 4.90 Å². The molecule has 0 aromatic heterocycles. The maximum Gasteiger partial charge on any atom is 0.223 e. The van der Waals surface area contributed by atoms with Gasteiger partial charge < -0.3 is 10.6 Å². The molecule has 0 aromatic carbocycles. The number of hydrogen-bond donors (Lipinski definition) is 1. The number of nitrogens with two attached hydrogens (primary N) is 1. The second-order valence-electron chi connectivity index (χ2n) is 4.79. The van der Waals surface area contributed by atoms with Crippen molar-refractivity contribution < 1.29 is 4.79 Å². The number of nitrogens with zero attached hydrogens (tertiary/aromatic N) is 1. The van der Waals surface area contributed by atoms with E-state index in [1.165, 1.54) is 12.8 Å². The van der Waals surface area contributed by atoms with Crippen LogP contribution in [-0.4, -0.2) is 29.9 Å². The summed E-state index contributed by atoms with van der Waals surface area (Å²) in [5.41, 5.74) is 6.06. The molecule has 2 unspecified atom stereocenters. The molecule has 18 heavy (non-hydrogen) atoms. The molecule has 4 heteroatoms. The summed E-state index contributed by atoms with van der Waals surface area (Å²) in [6, 6.07) is 0.196. The van der Waals surface area contributed by atoms with Crippen molar-refractivity contribution in [3.63, 3.8) is 0 Å². The monoisotopic (exact) mass is 272 g/mol. The maximum atomic E-state index is 12.1. The van der Waals surface area contributed by atoms with Gasteiger partial charge in [0.05, 0.1) is 0 Å². The Hall–Kier alpha value is -0.800. The van der Waals surface area contributed by atoms with Gasteiger partial charge in [0.15, 0.2) is 0 Å². The third-order valence-corrected chi connectivity index (χ3v) is 3.46. The smallest absolute Gasteiger partial charge is 0.223 e. The van der Waals surface area contributed by atoms with Crippen LogP contribution < -0.4 is 5.73 Å². The molecule has 2 N–H and O–H groups in total. The standard InChI is InChI=1S/C14H24N2O.ClH/c1-3-9-16(10-4-2)14(17)11-12-7-5-6-8-13(12)15;/h3-4,12-13H,1-2,5-11,15H2;1H. The van der Waals surface area contributed by atoms with Crippen molar-refractivity contribution in [2.75, 3.05) is 13.1 Å². The zero-order chi connectivity index (χ0) is 12.7. The molecule has 2 atom stereocenters. The van der Waals surface area contributed by atoms with Gasteiger partial charge in [-0.25, -0.2) is 0 Å². The van der Waals surface area contributed by atoms with Crippen LogP contribution in [0.1, 0.15) is 32.1 Å². The predicted molar refractivity (Wildman–Crippen MR) is 78.8 cm³/mol. The molecular weight excluding hydrogens is 248 g/mol. The topological polar surface area (TPSA) is 46.3 Å². The second-order valence-corrected chi connectivity index (χ2v) is 4.79. The molecule has 0 aromatic rings. The lowest BCUT2D eigenvalue weighted by atomic mass is 9.83. The number of amides is 1. The number of carbonyl (C=O) groups excluding carboxylic acids is 1. The Balaban J connectivity index is 0.00000289. The zero-order valence-corrected chi connectivity index (χ0v) is 11.8. The van der Waals surface area contributed by atoms with E-state index in [-0.39, 0.29) is 24.4 Å². The molecule has 1 saturated carbocycles. The molecule has 1 fully saturated rings. The number of carbonyl (C=O) groups is 1. The molecule has 104 valence electrons. The van der Waals surface area contributed by atoms with Gasteiger partial charge in [0.1, 0.15) is 0 Å². The van der Waals surface area contributed by atoms with E-state index in [0.717, 1.165) is 12.8 Å². The number of hydrogen-bond acceptors (Lipinski definition) is 2. The lowest BCUT2D eigenvalue weighted by molar-refractivity contribution is -0.131. The Labute approximate surface area is 117 Å². The number of halogens is 1. The highest BCUT2D eigenvalue weighted by Crippen LogP contribution is 2.26. The first-order valence-electron chi connectivity index (χ1n) is 6.44. The Kier molecular flexibility index (Phi) is 8.77. The summed E-state index contributed by atoms with van der Waals surface area (Å²) in [6.45, 7) is 8.53. The lowest BCUT2D eigenvalue weighted by Gasteiger charge is -2.30. The fourth-order valence-corrected chi connectivity index (χ4v) is 2.43. The summed E-state index contributed by atoms with van der Waals surface area (Å²) >= 11 is 0. The van der Waals surface area contributed by atoms with Gasteiger partial charge in [-0.1, -0.05) is 25.0 Å². The van der Waals surface area contributed by atoms with Crippen LogP contribution in [0.4, 0.5) is 0 Å². The minimum absolute atomic E-state index is 0. The van der Waals surface area contributed by atoms with Crippen LogP contribution in [0, 0.1) is 5.92 Å². The van der Waals surface area contributed by atoms with Gasteiger partial charge in [0.25, 0.3) is 0 Å². The summed E-state index contributed by atoms with van der Waals surface area (Å²) in [4.78, 5) is 13.9. The average Bonchev–Trinajstić information content (AvgIpc) is 2.32. The van der Waals surface area contributed by atoms with Crippen LogP contribution in [0.15, 0.2) is 25.3 Å². The first-order valence-corrected chi connectivity index (χ1v) is 6.44.